The van der Waals surface area contributed by atoms with E-state index in [2.05, 4.69) is 225 Å². The monoisotopic (exact) mass is 1490 g/mol. The summed E-state index contributed by atoms with van der Waals surface area (Å²) in [6, 6.07) is 125. The summed E-state index contributed by atoms with van der Waals surface area (Å²) in [6.07, 6.45) is 0. The summed E-state index contributed by atoms with van der Waals surface area (Å²) in [7, 11) is -0.417. The van der Waals surface area contributed by atoms with Crippen LogP contribution >= 0.6 is 11.6 Å². The van der Waals surface area contributed by atoms with E-state index in [1.54, 1.807) is 0 Å². The minimum atomic E-state index is -0.608. The Morgan fingerprint density at radius 2 is 0.518 bits per heavy atom. The van der Waals surface area contributed by atoms with Crippen molar-refractivity contribution < 1.29 is 18.1 Å². The van der Waals surface area contributed by atoms with E-state index < -0.39 is 29.2 Å². The van der Waals surface area contributed by atoms with Crippen LogP contribution in [0.2, 0.25) is 5.28 Å². The van der Waals surface area contributed by atoms with Crippen molar-refractivity contribution in [1.29, 1.82) is 0 Å². The van der Waals surface area contributed by atoms with Crippen molar-refractivity contribution in [2.45, 2.75) is 49.7 Å². The first-order chi connectivity index (χ1) is 55.9. The number of halogens is 1. The van der Waals surface area contributed by atoms with E-state index in [0.717, 1.165) is 83.3 Å². The van der Waals surface area contributed by atoms with Gasteiger partial charge in [0.1, 0.15) is 11.0 Å². The molecular formula is C100H72BClN8O4. The second-order valence-corrected chi connectivity index (χ2v) is 30.0. The molecule has 0 spiro atoms. The molecule has 3 aliphatic rings. The van der Waals surface area contributed by atoms with Gasteiger partial charge in [-0.25, -0.2) is 29.9 Å². The molecule has 1 aliphatic heterocycles. The van der Waals surface area contributed by atoms with Crippen molar-refractivity contribution in [1.82, 2.24) is 39.9 Å². The van der Waals surface area contributed by atoms with Gasteiger partial charge in [-0.1, -0.05) is 315 Å². The number of hydrogen-bond acceptors (Lipinski definition) is 12. The first-order valence-electron chi connectivity index (χ1n) is 38.1. The fraction of sp³-hybridized carbons (Fsp3) is 0.0800. The molecule has 14 heteroatoms. The lowest BCUT2D eigenvalue weighted by atomic mass is 9.66. The predicted octanol–water partition coefficient (Wildman–Crippen LogP) is 23.1. The summed E-state index contributed by atoms with van der Waals surface area (Å²) in [6.45, 7) is 8.36. The summed E-state index contributed by atoms with van der Waals surface area (Å²) in [4.78, 5) is 37.4. The Bertz CT molecular complexity index is 6350. The number of benzene rings is 14. The molecule has 18 aromatic rings. The zero-order chi connectivity index (χ0) is 77.0. The Morgan fingerprint density at radius 1 is 0.254 bits per heavy atom. The lowest BCUT2D eigenvalue weighted by molar-refractivity contribution is 0.00578. The molecule has 114 heavy (non-hydrogen) atoms. The second-order valence-electron chi connectivity index (χ2n) is 29.6. The number of nitrogens with zero attached hydrogens (tertiary/aromatic N) is 8. The van der Waals surface area contributed by atoms with E-state index in [1.165, 1.54) is 50.1 Å². The van der Waals surface area contributed by atoms with Gasteiger partial charge in [-0.05, 0) is 160 Å². The molecule has 1 fully saturated rings. The van der Waals surface area contributed by atoms with Gasteiger partial charge in [0.15, 0.2) is 40.3 Å². The third kappa shape index (κ3) is 12.6. The van der Waals surface area contributed by atoms with Crippen molar-refractivity contribution in [3.8, 4) is 102 Å². The van der Waals surface area contributed by atoms with Gasteiger partial charge in [0.2, 0.25) is 17.1 Å². The molecule has 0 unspecified atom stereocenters. The van der Waals surface area contributed by atoms with Gasteiger partial charge < -0.3 is 18.1 Å². The highest BCUT2D eigenvalue weighted by Crippen LogP contribution is 2.58. The van der Waals surface area contributed by atoms with Crippen LogP contribution in [0.3, 0.4) is 0 Å². The van der Waals surface area contributed by atoms with E-state index in [4.69, 9.17) is 54.7 Å². The third-order valence-electron chi connectivity index (χ3n) is 22.4. The van der Waals surface area contributed by atoms with Gasteiger partial charge in [0, 0.05) is 38.9 Å². The van der Waals surface area contributed by atoms with E-state index in [-0.39, 0.29) is 5.28 Å². The van der Waals surface area contributed by atoms with Crippen LogP contribution in [0.4, 0.5) is 0 Å². The number of fused-ring (bicyclic) bond motifs is 8. The number of rotatable bonds is 12. The van der Waals surface area contributed by atoms with Crippen LogP contribution in [0, 0.1) is 0 Å². The van der Waals surface area contributed by atoms with Crippen molar-refractivity contribution >= 4 is 46.4 Å². The topological polar surface area (TPSA) is 148 Å². The smallest absolute Gasteiger partial charge is 0.436 e. The van der Waals surface area contributed by atoms with Crippen LogP contribution in [-0.4, -0.2) is 58.2 Å². The first kappa shape index (κ1) is 70.7. The van der Waals surface area contributed by atoms with Crippen LogP contribution < -0.4 is 5.46 Å². The molecule has 1 saturated heterocycles. The normalized spacial score (nSPS) is 14.2. The van der Waals surface area contributed by atoms with Crippen LogP contribution in [0.5, 0.6) is 0 Å². The van der Waals surface area contributed by atoms with Gasteiger partial charge in [0.05, 0.1) is 22.0 Å². The summed E-state index contributed by atoms with van der Waals surface area (Å²) < 4.78 is 25.6. The van der Waals surface area contributed by atoms with Crippen molar-refractivity contribution in [2.24, 2.45) is 0 Å². The Hall–Kier alpha value is -13.7. The highest BCUT2D eigenvalue weighted by Gasteiger charge is 2.53. The summed E-state index contributed by atoms with van der Waals surface area (Å²) >= 11 is 5.99. The highest BCUT2D eigenvalue weighted by atomic mass is 35.5. The lowest BCUT2D eigenvalue weighted by Gasteiger charge is -2.34. The Labute approximate surface area is 665 Å². The quantitative estimate of drug-likeness (QED) is 0.107. The summed E-state index contributed by atoms with van der Waals surface area (Å²) in [5.41, 5.74) is 23.2. The Balaban J connectivity index is 0.000000126. The molecule has 0 amide bonds. The highest BCUT2D eigenvalue weighted by molar-refractivity contribution is 6.62. The fourth-order valence-electron chi connectivity index (χ4n) is 16.2. The number of aromatic nitrogens is 8. The average Bonchev–Trinajstić information content (AvgIpc) is 1.54. The Kier molecular flexibility index (Phi) is 18.1. The molecule has 21 rings (SSSR count). The predicted molar refractivity (Wildman–Crippen MR) is 455 cm³/mol. The minimum Gasteiger partial charge on any atom is -0.436 e. The van der Waals surface area contributed by atoms with Gasteiger partial charge in [-0.3, -0.25) is 0 Å². The van der Waals surface area contributed by atoms with E-state index >= 15 is 0 Å². The molecule has 0 N–H and O–H groups in total. The van der Waals surface area contributed by atoms with Gasteiger partial charge in [-0.2, -0.15) is 9.97 Å². The number of hydrogen-bond donors (Lipinski definition) is 0. The van der Waals surface area contributed by atoms with E-state index in [1.807, 2.05) is 182 Å². The molecule has 2 aliphatic carbocycles. The van der Waals surface area contributed by atoms with Crippen molar-refractivity contribution in [2.75, 3.05) is 0 Å². The molecule has 4 aromatic heterocycles. The summed E-state index contributed by atoms with van der Waals surface area (Å²) in [5, 5.41) is 0.202. The fourth-order valence-corrected chi connectivity index (χ4v) is 16.4. The molecule has 5 heterocycles. The molecule has 546 valence electrons. The molecule has 0 saturated carbocycles. The molecule has 0 radical (unpaired) electrons. The average molecular weight is 1500 g/mol. The van der Waals surface area contributed by atoms with Crippen LogP contribution in [0.1, 0.15) is 72.2 Å². The summed E-state index contributed by atoms with van der Waals surface area (Å²) in [5.74, 6) is 4.30. The maximum Gasteiger partial charge on any atom is 0.494 e. The zero-order valence-electron chi connectivity index (χ0n) is 62.8. The lowest BCUT2D eigenvalue weighted by Crippen LogP contribution is -2.41. The van der Waals surface area contributed by atoms with Gasteiger partial charge in [0.25, 0.3) is 0 Å². The molecule has 0 bridgehead atoms. The largest absolute Gasteiger partial charge is 0.494 e. The Morgan fingerprint density at radius 3 is 0.842 bits per heavy atom. The zero-order valence-corrected chi connectivity index (χ0v) is 63.6. The van der Waals surface area contributed by atoms with E-state index in [0.29, 0.717) is 40.9 Å². The number of oxazole rings is 2. The SMILES string of the molecule is CC1(C)OB(c2ccc(C3(c4ccc5nc(-c6ccccc6)oc5c4)c4ccccc4-c4ccccc43)cc2)OC1(C)C.Clc1nc(-c2ccccc2)nc(-c2ccccc2)n1.c1ccc(-c2nc(-c3ccccc3)nc(-c3ccc(C4(c5ccc6nc(-c7ccccc7)oc6c5)c5ccccc5-c5ccccc54)cc3)n2)cc1. The standard InChI is InChI=1S/C47H30N4O.C38H32BNO3.C15H10ClN3/c1-4-14-31(15-5-1)43-49-44(32-16-6-2-7-17-32)51-45(50-43)33-24-26-35(27-25-33)47(39-22-12-10-20-37(39)38-21-11-13-23-40(38)47)36-28-29-41-42(30-36)52-46(48-41)34-18-8-3-9-19-34;1-36(2)37(3,4)43-39(42-36)28-21-18-26(19-22-28)38(31-16-10-8-14-29(31)30-15-9-11-17-32(30)38)27-20-23-33-34(24-27)41-35(40-33)25-12-6-5-7-13-25;16-15-18-13(11-7-3-1-4-8-11)17-14(19-15)12-9-5-2-6-10-12/h1-30H;5-24H,1-4H3;1-10H. The maximum absolute atomic E-state index is 6.45. The van der Waals surface area contributed by atoms with Crippen LogP contribution in [0.25, 0.3) is 124 Å². The third-order valence-corrected chi connectivity index (χ3v) is 22.6. The van der Waals surface area contributed by atoms with Gasteiger partial charge in [-0.15, -0.1) is 0 Å². The van der Waals surface area contributed by atoms with Crippen LogP contribution in [0.15, 0.2) is 373 Å². The van der Waals surface area contributed by atoms with Crippen molar-refractivity contribution in [3.63, 3.8) is 0 Å². The molecular weight excluding hydrogens is 1420 g/mol. The van der Waals surface area contributed by atoms with E-state index in [9.17, 15) is 0 Å². The maximum atomic E-state index is 6.45. The minimum absolute atomic E-state index is 0.202. The molecule has 14 aromatic carbocycles. The molecule has 0 atom stereocenters. The second kappa shape index (κ2) is 29.2. The first-order valence-corrected chi connectivity index (χ1v) is 38.5. The van der Waals surface area contributed by atoms with Gasteiger partial charge >= 0.3 is 7.12 Å². The molecule has 12 nitrogen and oxygen atoms in total. The van der Waals surface area contributed by atoms with Crippen LogP contribution in [-0.2, 0) is 20.1 Å². The van der Waals surface area contributed by atoms with Crippen molar-refractivity contribution in [3.05, 3.63) is 414 Å².